The van der Waals surface area contributed by atoms with Crippen LogP contribution in [0.5, 0.6) is 0 Å². The average molecular weight is 339 g/mol. The standard InChI is InChI=1S/C17H25NO4S/c1-21-17(15-5-3-2-4-6-15)9-11-18(12-10-17)23(19,20)16-7-13-22-14-8-16/h2-6,16H,7-14H2,1H3. The summed E-state index contributed by atoms with van der Waals surface area (Å²) in [6, 6.07) is 10.1. The lowest BCUT2D eigenvalue weighted by Crippen LogP contribution is -2.49. The fraction of sp³-hybridized carbons (Fsp3) is 0.647. The van der Waals surface area contributed by atoms with Crippen LogP contribution in [0.1, 0.15) is 31.2 Å². The highest BCUT2D eigenvalue weighted by molar-refractivity contribution is 7.89. The average Bonchev–Trinajstić information content (AvgIpc) is 2.63. The van der Waals surface area contributed by atoms with E-state index >= 15 is 0 Å². The number of methoxy groups -OCH3 is 1. The Labute approximate surface area is 138 Å². The van der Waals surface area contributed by atoms with Crippen molar-refractivity contribution < 1.29 is 17.9 Å². The second-order valence-electron chi connectivity index (χ2n) is 6.32. The molecule has 128 valence electrons. The third-order valence-electron chi connectivity index (χ3n) is 5.17. The highest BCUT2D eigenvalue weighted by Gasteiger charge is 2.41. The number of piperidine rings is 1. The van der Waals surface area contributed by atoms with E-state index in [1.165, 1.54) is 0 Å². The van der Waals surface area contributed by atoms with Crippen LogP contribution in [0, 0.1) is 0 Å². The molecule has 2 aliphatic rings. The smallest absolute Gasteiger partial charge is 0.217 e. The van der Waals surface area contributed by atoms with Gasteiger partial charge in [-0.15, -0.1) is 0 Å². The van der Waals surface area contributed by atoms with Crippen LogP contribution in [-0.2, 0) is 25.1 Å². The number of hydrogen-bond donors (Lipinski definition) is 0. The van der Waals surface area contributed by atoms with Gasteiger partial charge in [-0.3, -0.25) is 0 Å². The molecule has 0 unspecified atom stereocenters. The van der Waals surface area contributed by atoms with Crippen LogP contribution in [0.4, 0.5) is 0 Å². The highest BCUT2D eigenvalue weighted by atomic mass is 32.2. The van der Waals surface area contributed by atoms with Crippen LogP contribution >= 0.6 is 0 Å². The molecule has 0 amide bonds. The third-order valence-corrected chi connectivity index (χ3v) is 7.57. The minimum atomic E-state index is -3.23. The Hall–Kier alpha value is -0.950. The molecule has 3 rings (SSSR count). The summed E-state index contributed by atoms with van der Waals surface area (Å²) in [5.74, 6) is 0. The molecular weight excluding hydrogens is 314 g/mol. The van der Waals surface area contributed by atoms with Crippen molar-refractivity contribution in [3.63, 3.8) is 0 Å². The first-order valence-electron chi connectivity index (χ1n) is 8.26. The SMILES string of the molecule is COC1(c2ccccc2)CCN(S(=O)(=O)C2CCOCC2)CC1. The zero-order valence-electron chi connectivity index (χ0n) is 13.6. The highest BCUT2D eigenvalue weighted by Crippen LogP contribution is 2.37. The molecule has 0 aromatic heterocycles. The van der Waals surface area contributed by atoms with Crippen LogP contribution < -0.4 is 0 Å². The van der Waals surface area contributed by atoms with Gasteiger partial charge in [0.15, 0.2) is 0 Å². The third kappa shape index (κ3) is 3.31. The molecule has 2 saturated heterocycles. The number of hydrogen-bond acceptors (Lipinski definition) is 4. The maximum absolute atomic E-state index is 12.8. The van der Waals surface area contributed by atoms with Gasteiger partial charge in [-0.1, -0.05) is 30.3 Å². The fourth-order valence-corrected chi connectivity index (χ4v) is 5.54. The maximum atomic E-state index is 12.8. The van der Waals surface area contributed by atoms with E-state index in [0.29, 0.717) is 52.0 Å². The summed E-state index contributed by atoms with van der Waals surface area (Å²) in [6.45, 7) is 2.12. The van der Waals surface area contributed by atoms with Gasteiger partial charge in [0, 0.05) is 33.4 Å². The monoisotopic (exact) mass is 339 g/mol. The Morgan fingerprint density at radius 2 is 1.74 bits per heavy atom. The van der Waals surface area contributed by atoms with Crippen molar-refractivity contribution in [2.45, 2.75) is 36.5 Å². The molecule has 2 aliphatic heterocycles. The van der Waals surface area contributed by atoms with Gasteiger partial charge in [-0.2, -0.15) is 0 Å². The lowest BCUT2D eigenvalue weighted by Gasteiger charge is -2.41. The number of sulfonamides is 1. The van der Waals surface area contributed by atoms with E-state index < -0.39 is 10.0 Å². The van der Waals surface area contributed by atoms with E-state index in [1.54, 1.807) is 11.4 Å². The van der Waals surface area contributed by atoms with Crippen molar-refractivity contribution in [1.82, 2.24) is 4.31 Å². The number of nitrogens with zero attached hydrogens (tertiary/aromatic N) is 1. The van der Waals surface area contributed by atoms with Crippen molar-refractivity contribution >= 4 is 10.0 Å². The lowest BCUT2D eigenvalue weighted by atomic mass is 9.85. The molecule has 0 saturated carbocycles. The second-order valence-corrected chi connectivity index (χ2v) is 8.53. The van der Waals surface area contributed by atoms with Crippen molar-refractivity contribution in [1.29, 1.82) is 0 Å². The molecule has 2 heterocycles. The molecule has 1 aromatic rings. The summed E-state index contributed by atoms with van der Waals surface area (Å²) in [4.78, 5) is 0. The van der Waals surface area contributed by atoms with E-state index in [4.69, 9.17) is 9.47 Å². The van der Waals surface area contributed by atoms with E-state index in [0.717, 1.165) is 5.56 Å². The van der Waals surface area contributed by atoms with Crippen molar-refractivity contribution in [3.8, 4) is 0 Å². The van der Waals surface area contributed by atoms with Gasteiger partial charge < -0.3 is 9.47 Å². The number of rotatable bonds is 4. The quantitative estimate of drug-likeness (QED) is 0.843. The van der Waals surface area contributed by atoms with Gasteiger partial charge in [0.25, 0.3) is 0 Å². The molecule has 1 aromatic carbocycles. The summed E-state index contributed by atoms with van der Waals surface area (Å²) in [6.07, 6.45) is 2.59. The topological polar surface area (TPSA) is 55.8 Å². The molecule has 0 atom stereocenters. The fourth-order valence-electron chi connectivity index (χ4n) is 3.64. The molecule has 5 nitrogen and oxygen atoms in total. The van der Waals surface area contributed by atoms with Gasteiger partial charge in [-0.25, -0.2) is 12.7 Å². The molecule has 6 heteroatoms. The Morgan fingerprint density at radius 1 is 1.13 bits per heavy atom. The summed E-state index contributed by atoms with van der Waals surface area (Å²) < 4.78 is 38.4. The van der Waals surface area contributed by atoms with Gasteiger partial charge in [0.05, 0.1) is 10.9 Å². The largest absolute Gasteiger partial charge is 0.381 e. The van der Waals surface area contributed by atoms with E-state index in [-0.39, 0.29) is 10.9 Å². The van der Waals surface area contributed by atoms with Crippen molar-refractivity contribution in [3.05, 3.63) is 35.9 Å². The molecule has 2 fully saturated rings. The molecular formula is C17H25NO4S. The minimum absolute atomic E-state index is 0.289. The van der Waals surface area contributed by atoms with Crippen LogP contribution in [0.3, 0.4) is 0 Å². The maximum Gasteiger partial charge on any atom is 0.217 e. The number of ether oxygens (including phenoxy) is 2. The first-order valence-corrected chi connectivity index (χ1v) is 9.76. The summed E-state index contributed by atoms with van der Waals surface area (Å²) in [5.41, 5.74) is 0.758. The molecule has 23 heavy (non-hydrogen) atoms. The lowest BCUT2D eigenvalue weighted by molar-refractivity contribution is -0.0509. The van der Waals surface area contributed by atoms with Crippen LogP contribution in [0.2, 0.25) is 0 Å². The summed E-state index contributed by atoms with van der Waals surface area (Å²) in [5, 5.41) is -0.289. The van der Waals surface area contributed by atoms with E-state index in [2.05, 4.69) is 12.1 Å². The van der Waals surface area contributed by atoms with Crippen molar-refractivity contribution in [2.24, 2.45) is 0 Å². The predicted molar refractivity (Wildman–Crippen MR) is 88.7 cm³/mol. The van der Waals surface area contributed by atoms with Gasteiger partial charge >= 0.3 is 0 Å². The first-order chi connectivity index (χ1) is 11.1. The van der Waals surface area contributed by atoms with Crippen LogP contribution in [-0.4, -0.2) is 51.4 Å². The Balaban J connectivity index is 1.72. The molecule has 0 N–H and O–H groups in total. The van der Waals surface area contributed by atoms with Crippen LogP contribution in [0.25, 0.3) is 0 Å². The van der Waals surface area contributed by atoms with Gasteiger partial charge in [0.1, 0.15) is 0 Å². The first kappa shape index (κ1) is 16.9. The minimum Gasteiger partial charge on any atom is -0.381 e. The molecule has 0 bridgehead atoms. The van der Waals surface area contributed by atoms with Crippen LogP contribution in [0.15, 0.2) is 30.3 Å². The van der Waals surface area contributed by atoms with Gasteiger partial charge in [0.2, 0.25) is 10.0 Å². The normalized spacial score (nSPS) is 23.7. The van der Waals surface area contributed by atoms with Gasteiger partial charge in [-0.05, 0) is 31.2 Å². The molecule has 0 aliphatic carbocycles. The Kier molecular flexibility index (Phi) is 5.06. The van der Waals surface area contributed by atoms with Crippen molar-refractivity contribution in [2.75, 3.05) is 33.4 Å². The summed E-state index contributed by atoms with van der Waals surface area (Å²) >= 11 is 0. The number of benzene rings is 1. The Bertz CT molecular complexity index is 603. The molecule has 0 spiro atoms. The predicted octanol–water partition coefficient (Wildman–Crippen LogP) is 2.13. The second kappa shape index (κ2) is 6.89. The zero-order chi connectivity index (χ0) is 16.3. The summed E-state index contributed by atoms with van der Waals surface area (Å²) in [7, 11) is -1.51. The van der Waals surface area contributed by atoms with E-state index in [1.807, 2.05) is 18.2 Å². The molecule has 0 radical (unpaired) electrons. The zero-order valence-corrected chi connectivity index (χ0v) is 14.4. The Morgan fingerprint density at radius 3 is 2.30 bits per heavy atom. The van der Waals surface area contributed by atoms with E-state index in [9.17, 15) is 8.42 Å².